The molecule has 1 amide bonds. The molecular weight excluding hydrogens is 502 g/mol. The largest absolute Gasteiger partial charge is 0.480 e. The molecule has 2 atom stereocenters. The van der Waals surface area contributed by atoms with Crippen LogP contribution in [0.15, 0.2) is 79.1 Å². The molecule has 1 aliphatic rings. The maximum atomic E-state index is 13.3. The topological polar surface area (TPSA) is 116 Å². The van der Waals surface area contributed by atoms with Crippen molar-refractivity contribution in [1.82, 2.24) is 25.9 Å². The number of pyridine rings is 2. The van der Waals surface area contributed by atoms with Crippen molar-refractivity contribution in [2.45, 2.75) is 57.3 Å². The molecule has 2 heterocycles. The number of amides is 1. The summed E-state index contributed by atoms with van der Waals surface area (Å²) in [5, 5.41) is 21.3. The molecule has 0 spiro atoms. The highest BCUT2D eigenvalue weighted by molar-refractivity contribution is 6.08. The highest BCUT2D eigenvalue weighted by Gasteiger charge is 2.23. The maximum absolute atomic E-state index is 13.3. The molecule has 206 valence electrons. The van der Waals surface area contributed by atoms with Gasteiger partial charge in [-0.25, -0.2) is 4.79 Å². The Labute approximate surface area is 234 Å². The van der Waals surface area contributed by atoms with Crippen molar-refractivity contribution in [3.63, 3.8) is 0 Å². The summed E-state index contributed by atoms with van der Waals surface area (Å²) in [5.74, 6) is -1.41. The van der Waals surface area contributed by atoms with E-state index in [0.717, 1.165) is 47.0 Å². The van der Waals surface area contributed by atoms with Gasteiger partial charge in [0.15, 0.2) is 0 Å². The number of carboxylic acids is 1. The second-order valence-corrected chi connectivity index (χ2v) is 10.2. The van der Waals surface area contributed by atoms with Crippen molar-refractivity contribution < 1.29 is 14.7 Å². The third-order valence-electron chi connectivity index (χ3n) is 7.47. The first kappa shape index (κ1) is 27.4. The molecule has 0 saturated carbocycles. The van der Waals surface area contributed by atoms with Gasteiger partial charge in [0.2, 0.25) is 0 Å². The van der Waals surface area contributed by atoms with Crippen LogP contribution >= 0.6 is 0 Å². The number of aromatic nitrogens is 2. The minimum Gasteiger partial charge on any atom is -0.480 e. The van der Waals surface area contributed by atoms with Gasteiger partial charge in [-0.2, -0.15) is 0 Å². The van der Waals surface area contributed by atoms with Crippen LogP contribution < -0.4 is 16.0 Å². The third kappa shape index (κ3) is 6.70. The quantitative estimate of drug-likeness (QED) is 0.196. The molecule has 4 N–H and O–H groups in total. The molecule has 40 heavy (non-hydrogen) atoms. The van der Waals surface area contributed by atoms with E-state index in [1.54, 1.807) is 12.3 Å². The lowest BCUT2D eigenvalue weighted by atomic mass is 9.92. The van der Waals surface area contributed by atoms with Crippen LogP contribution in [0, 0.1) is 0 Å². The second-order valence-electron chi connectivity index (χ2n) is 10.2. The molecular formula is C32H35N5O3. The fourth-order valence-corrected chi connectivity index (χ4v) is 5.43. The Balaban J connectivity index is 1.19. The smallest absolute Gasteiger partial charge is 0.326 e. The standard InChI is InChI=1S/C32H35N5O3/c38-31(37-29(32(39)40)14-7-18-35-28-13-5-8-22-9-6-19-36-30(22)28)27-16-15-23(25-11-1-2-12-26(25)27)20-33-21-24-10-3-4-17-34-24/h1-4,6,9-12,15-17,19,28-29,33,35H,5,7-8,13-14,18,20-21H2,(H,37,38)(H,39,40)/t28-,29+/m1/s1. The number of hydrogen-bond acceptors (Lipinski definition) is 6. The summed E-state index contributed by atoms with van der Waals surface area (Å²) in [6.45, 7) is 1.91. The zero-order chi connectivity index (χ0) is 27.7. The number of rotatable bonds is 12. The summed E-state index contributed by atoms with van der Waals surface area (Å²) < 4.78 is 0. The van der Waals surface area contributed by atoms with Crippen molar-refractivity contribution in [3.8, 4) is 0 Å². The third-order valence-corrected chi connectivity index (χ3v) is 7.47. The summed E-state index contributed by atoms with van der Waals surface area (Å²) >= 11 is 0. The first-order valence-corrected chi connectivity index (χ1v) is 13.9. The fourth-order valence-electron chi connectivity index (χ4n) is 5.43. The van der Waals surface area contributed by atoms with E-state index in [9.17, 15) is 14.7 Å². The highest BCUT2D eigenvalue weighted by atomic mass is 16.4. The molecule has 4 aromatic rings. The number of benzene rings is 2. The zero-order valence-electron chi connectivity index (χ0n) is 22.5. The van der Waals surface area contributed by atoms with Gasteiger partial charge in [-0.1, -0.05) is 42.5 Å². The summed E-state index contributed by atoms with van der Waals surface area (Å²) in [4.78, 5) is 34.2. The van der Waals surface area contributed by atoms with Crippen molar-refractivity contribution in [2.24, 2.45) is 0 Å². The van der Waals surface area contributed by atoms with Gasteiger partial charge in [-0.05, 0) is 84.8 Å². The molecule has 5 rings (SSSR count). The predicted molar refractivity (Wildman–Crippen MR) is 155 cm³/mol. The lowest BCUT2D eigenvalue weighted by molar-refractivity contribution is -0.139. The summed E-state index contributed by atoms with van der Waals surface area (Å²) in [6.07, 6.45) is 7.73. The van der Waals surface area contributed by atoms with E-state index in [4.69, 9.17) is 0 Å². The number of hydrogen-bond donors (Lipinski definition) is 4. The minimum atomic E-state index is -1.03. The van der Waals surface area contributed by atoms with Crippen molar-refractivity contribution in [3.05, 3.63) is 107 Å². The zero-order valence-corrected chi connectivity index (χ0v) is 22.5. The molecule has 1 aliphatic carbocycles. The Morgan fingerprint density at radius 3 is 2.58 bits per heavy atom. The molecule has 2 aromatic heterocycles. The number of nitrogens with zero attached hydrogens (tertiary/aromatic N) is 2. The van der Waals surface area contributed by atoms with Gasteiger partial charge in [0.1, 0.15) is 6.04 Å². The van der Waals surface area contributed by atoms with E-state index in [-0.39, 0.29) is 11.9 Å². The number of fused-ring (bicyclic) bond motifs is 2. The number of carbonyl (C=O) groups is 2. The predicted octanol–water partition coefficient (Wildman–Crippen LogP) is 4.55. The van der Waals surface area contributed by atoms with E-state index in [2.05, 4.69) is 32.0 Å². The first-order valence-electron chi connectivity index (χ1n) is 13.9. The van der Waals surface area contributed by atoms with E-state index >= 15 is 0 Å². The fraction of sp³-hybridized carbons (Fsp3) is 0.312. The summed E-state index contributed by atoms with van der Waals surface area (Å²) in [7, 11) is 0. The van der Waals surface area contributed by atoms with Crippen molar-refractivity contribution in [2.75, 3.05) is 6.54 Å². The number of nitrogens with one attached hydrogen (secondary N) is 3. The minimum absolute atomic E-state index is 0.186. The number of carbonyl (C=O) groups excluding carboxylic acids is 1. The van der Waals surface area contributed by atoms with Crippen LogP contribution in [0.25, 0.3) is 10.8 Å². The SMILES string of the molecule is O=C(N[C@@H](CCCN[C@@H]1CCCc2cccnc21)C(=O)O)c1ccc(CNCc2ccccn2)c2ccccc12. The van der Waals surface area contributed by atoms with E-state index in [1.165, 1.54) is 5.56 Å². The molecule has 8 heteroatoms. The van der Waals surface area contributed by atoms with Crippen LogP contribution in [0.2, 0.25) is 0 Å². The van der Waals surface area contributed by atoms with Gasteiger partial charge in [0, 0.05) is 37.1 Å². The van der Waals surface area contributed by atoms with Gasteiger partial charge in [-0.15, -0.1) is 0 Å². The molecule has 0 radical (unpaired) electrons. The van der Waals surface area contributed by atoms with Crippen LogP contribution in [-0.4, -0.2) is 39.5 Å². The van der Waals surface area contributed by atoms with Crippen LogP contribution in [0.5, 0.6) is 0 Å². The number of carboxylic acid groups (broad SMARTS) is 1. The Morgan fingerprint density at radius 2 is 1.75 bits per heavy atom. The van der Waals surface area contributed by atoms with Crippen LogP contribution in [0.4, 0.5) is 0 Å². The van der Waals surface area contributed by atoms with Gasteiger partial charge in [0.05, 0.1) is 11.4 Å². The Morgan fingerprint density at radius 1 is 0.925 bits per heavy atom. The Kier molecular flexibility index (Phi) is 9.11. The van der Waals surface area contributed by atoms with Gasteiger partial charge in [0.25, 0.3) is 5.91 Å². The molecule has 0 fully saturated rings. The lowest BCUT2D eigenvalue weighted by Gasteiger charge is -2.25. The van der Waals surface area contributed by atoms with Gasteiger partial charge in [-0.3, -0.25) is 14.8 Å². The molecule has 0 saturated heterocycles. The first-order chi connectivity index (χ1) is 19.6. The average Bonchev–Trinajstić information content (AvgIpc) is 2.99. The Hall–Kier alpha value is -4.14. The summed E-state index contributed by atoms with van der Waals surface area (Å²) in [5.41, 5.74) is 4.86. The van der Waals surface area contributed by atoms with Crippen molar-refractivity contribution in [1.29, 1.82) is 0 Å². The highest BCUT2D eigenvalue weighted by Crippen LogP contribution is 2.27. The Bertz CT molecular complexity index is 1460. The molecule has 0 unspecified atom stereocenters. The second kappa shape index (κ2) is 13.3. The maximum Gasteiger partial charge on any atom is 0.326 e. The monoisotopic (exact) mass is 537 g/mol. The van der Waals surface area contributed by atoms with Crippen LogP contribution in [0.1, 0.15) is 64.6 Å². The van der Waals surface area contributed by atoms with E-state index in [0.29, 0.717) is 38.0 Å². The van der Waals surface area contributed by atoms with Crippen LogP contribution in [-0.2, 0) is 24.3 Å². The molecule has 0 aliphatic heterocycles. The number of aliphatic carboxylic acids is 1. The lowest BCUT2D eigenvalue weighted by Crippen LogP contribution is -2.41. The number of aryl methyl sites for hydroxylation is 1. The van der Waals surface area contributed by atoms with Crippen LogP contribution in [0.3, 0.4) is 0 Å². The summed E-state index contributed by atoms with van der Waals surface area (Å²) in [6, 6.07) is 20.6. The molecule has 2 aromatic carbocycles. The van der Waals surface area contributed by atoms with Gasteiger partial charge >= 0.3 is 5.97 Å². The molecule has 0 bridgehead atoms. The van der Waals surface area contributed by atoms with Crippen molar-refractivity contribution >= 4 is 22.6 Å². The molecule has 8 nitrogen and oxygen atoms in total. The van der Waals surface area contributed by atoms with Gasteiger partial charge < -0.3 is 21.1 Å². The van der Waals surface area contributed by atoms with E-state index < -0.39 is 12.0 Å². The average molecular weight is 538 g/mol. The normalized spacial score (nSPS) is 15.3. The van der Waals surface area contributed by atoms with E-state index in [1.807, 2.05) is 60.8 Å².